The molecule has 1 atom stereocenters. The van der Waals surface area contributed by atoms with E-state index in [0.29, 0.717) is 11.9 Å². The van der Waals surface area contributed by atoms with Gasteiger partial charge in [0.15, 0.2) is 0 Å². The van der Waals surface area contributed by atoms with Crippen molar-refractivity contribution in [3.05, 3.63) is 5.89 Å². The molecule has 2 fully saturated rings. The number of piperidine rings is 1. The maximum Gasteiger partial charge on any atom is 0.322 e. The van der Waals surface area contributed by atoms with Crippen molar-refractivity contribution in [1.82, 2.24) is 20.4 Å². The Morgan fingerprint density at radius 2 is 2.15 bits per heavy atom. The number of carbonyl (C=O) groups is 1. The Morgan fingerprint density at radius 1 is 1.35 bits per heavy atom. The number of likely N-dealkylation sites (tertiary alicyclic amines) is 1. The first-order valence-electron chi connectivity index (χ1n) is 7.31. The second-order valence-corrected chi connectivity index (χ2v) is 5.49. The molecule has 1 unspecified atom stereocenters. The molecule has 2 aliphatic heterocycles. The molecule has 3 heterocycles. The maximum atomic E-state index is 12.4. The number of aryl methyl sites for hydroxylation is 1. The highest BCUT2D eigenvalue weighted by Crippen LogP contribution is 2.25. The van der Waals surface area contributed by atoms with E-state index in [1.54, 1.807) is 6.92 Å². The van der Waals surface area contributed by atoms with Gasteiger partial charge in [-0.25, -0.2) is 0 Å². The average molecular weight is 279 g/mol. The highest BCUT2D eigenvalue weighted by atomic mass is 16.4. The Hall–Kier alpha value is -1.47. The van der Waals surface area contributed by atoms with Gasteiger partial charge in [0.05, 0.1) is 6.04 Å². The van der Waals surface area contributed by atoms with E-state index in [0.717, 1.165) is 45.3 Å². The van der Waals surface area contributed by atoms with Crippen LogP contribution in [0.5, 0.6) is 0 Å². The van der Waals surface area contributed by atoms with Gasteiger partial charge in [0.25, 0.3) is 0 Å². The Bertz CT molecular complexity index is 469. The zero-order valence-electron chi connectivity index (χ0n) is 11.8. The van der Waals surface area contributed by atoms with E-state index in [1.165, 1.54) is 0 Å². The predicted molar refractivity (Wildman–Crippen MR) is 73.3 cm³/mol. The van der Waals surface area contributed by atoms with Crippen LogP contribution in [0.1, 0.15) is 31.6 Å². The molecule has 0 bridgehead atoms. The van der Waals surface area contributed by atoms with E-state index in [9.17, 15) is 4.79 Å². The Labute approximate surface area is 118 Å². The molecule has 2 saturated heterocycles. The van der Waals surface area contributed by atoms with Crippen LogP contribution >= 0.6 is 0 Å². The van der Waals surface area contributed by atoms with Gasteiger partial charge in [-0.15, -0.1) is 5.10 Å². The smallest absolute Gasteiger partial charge is 0.322 e. The summed E-state index contributed by atoms with van der Waals surface area (Å²) in [6.45, 7) is 4.79. The van der Waals surface area contributed by atoms with Crippen molar-refractivity contribution in [1.29, 1.82) is 0 Å². The molecule has 0 aromatic carbocycles. The quantitative estimate of drug-likeness (QED) is 0.840. The van der Waals surface area contributed by atoms with Crippen molar-refractivity contribution in [2.45, 2.75) is 44.7 Å². The molecule has 2 aliphatic rings. The standard InChI is InChI=1S/C13H21N5O2/c1-9-16-17-13(20-9)15-12(19)11-3-2-8-18(11)10-4-6-14-7-5-10/h10-11,14H,2-8H2,1H3,(H,15,17,19). The zero-order valence-corrected chi connectivity index (χ0v) is 11.8. The second kappa shape index (κ2) is 5.88. The predicted octanol–water partition coefficient (Wildman–Crippen LogP) is 0.533. The van der Waals surface area contributed by atoms with Crippen LogP contribution in [0.25, 0.3) is 0 Å². The molecule has 110 valence electrons. The number of aromatic nitrogens is 2. The minimum Gasteiger partial charge on any atom is -0.408 e. The fourth-order valence-electron chi connectivity index (χ4n) is 3.18. The second-order valence-electron chi connectivity index (χ2n) is 5.49. The van der Waals surface area contributed by atoms with Crippen LogP contribution in [-0.4, -0.2) is 52.7 Å². The van der Waals surface area contributed by atoms with Crippen molar-refractivity contribution >= 4 is 11.9 Å². The van der Waals surface area contributed by atoms with E-state index >= 15 is 0 Å². The number of amides is 1. The molecule has 1 aromatic rings. The van der Waals surface area contributed by atoms with Crippen LogP contribution in [0.4, 0.5) is 6.01 Å². The highest BCUT2D eigenvalue weighted by Gasteiger charge is 2.36. The topological polar surface area (TPSA) is 83.3 Å². The number of rotatable bonds is 3. The zero-order chi connectivity index (χ0) is 13.9. The summed E-state index contributed by atoms with van der Waals surface area (Å²) in [6.07, 6.45) is 4.21. The van der Waals surface area contributed by atoms with Gasteiger partial charge in [0.1, 0.15) is 0 Å². The van der Waals surface area contributed by atoms with E-state index in [4.69, 9.17) is 4.42 Å². The van der Waals surface area contributed by atoms with Gasteiger partial charge in [-0.2, -0.15) is 0 Å². The van der Waals surface area contributed by atoms with Crippen LogP contribution in [0.15, 0.2) is 4.42 Å². The van der Waals surface area contributed by atoms with E-state index in [-0.39, 0.29) is 18.0 Å². The summed E-state index contributed by atoms with van der Waals surface area (Å²) in [4.78, 5) is 14.7. The van der Waals surface area contributed by atoms with Crippen LogP contribution in [0.2, 0.25) is 0 Å². The van der Waals surface area contributed by atoms with Crippen molar-refractivity contribution in [2.75, 3.05) is 25.0 Å². The van der Waals surface area contributed by atoms with E-state index in [2.05, 4.69) is 25.7 Å². The summed E-state index contributed by atoms with van der Waals surface area (Å²) >= 11 is 0. The Balaban J connectivity index is 1.63. The molecule has 2 N–H and O–H groups in total. The fourth-order valence-corrected chi connectivity index (χ4v) is 3.18. The van der Waals surface area contributed by atoms with Crippen molar-refractivity contribution < 1.29 is 9.21 Å². The van der Waals surface area contributed by atoms with Crippen LogP contribution in [-0.2, 0) is 4.79 Å². The summed E-state index contributed by atoms with van der Waals surface area (Å²) in [5, 5.41) is 13.6. The lowest BCUT2D eigenvalue weighted by Crippen LogP contribution is -2.49. The number of nitrogens with zero attached hydrogens (tertiary/aromatic N) is 3. The molecule has 20 heavy (non-hydrogen) atoms. The molecule has 1 aromatic heterocycles. The van der Waals surface area contributed by atoms with Gasteiger partial charge in [-0.05, 0) is 45.3 Å². The first kappa shape index (κ1) is 13.5. The van der Waals surface area contributed by atoms with Gasteiger partial charge in [0, 0.05) is 13.0 Å². The molecule has 0 saturated carbocycles. The summed E-state index contributed by atoms with van der Waals surface area (Å²) in [5.41, 5.74) is 0. The number of carbonyl (C=O) groups excluding carboxylic acids is 1. The Kier molecular flexibility index (Phi) is 3.98. The first-order valence-corrected chi connectivity index (χ1v) is 7.31. The molecule has 7 heteroatoms. The SMILES string of the molecule is Cc1nnc(NC(=O)C2CCCN2C2CCNCC2)o1. The molecule has 7 nitrogen and oxygen atoms in total. The summed E-state index contributed by atoms with van der Waals surface area (Å²) in [5.74, 6) is 0.437. The molecule has 0 spiro atoms. The minimum absolute atomic E-state index is 0.0234. The van der Waals surface area contributed by atoms with Gasteiger partial charge in [-0.1, -0.05) is 5.10 Å². The molecule has 0 aliphatic carbocycles. The van der Waals surface area contributed by atoms with Gasteiger partial charge in [-0.3, -0.25) is 15.0 Å². The van der Waals surface area contributed by atoms with Crippen molar-refractivity contribution in [3.63, 3.8) is 0 Å². The lowest BCUT2D eigenvalue weighted by atomic mass is 10.0. The molecule has 1 amide bonds. The van der Waals surface area contributed by atoms with Gasteiger partial charge >= 0.3 is 6.01 Å². The number of hydrogen-bond acceptors (Lipinski definition) is 6. The third kappa shape index (κ3) is 2.83. The molecular formula is C13H21N5O2. The monoisotopic (exact) mass is 279 g/mol. The van der Waals surface area contributed by atoms with Crippen LogP contribution in [0.3, 0.4) is 0 Å². The lowest BCUT2D eigenvalue weighted by Gasteiger charge is -2.34. The van der Waals surface area contributed by atoms with Crippen molar-refractivity contribution in [3.8, 4) is 0 Å². The third-order valence-corrected chi connectivity index (χ3v) is 4.13. The number of nitrogens with one attached hydrogen (secondary N) is 2. The molecule has 0 radical (unpaired) electrons. The summed E-state index contributed by atoms with van der Waals surface area (Å²) < 4.78 is 5.21. The largest absolute Gasteiger partial charge is 0.408 e. The van der Waals surface area contributed by atoms with Gasteiger partial charge < -0.3 is 9.73 Å². The minimum atomic E-state index is -0.0645. The third-order valence-electron chi connectivity index (χ3n) is 4.13. The van der Waals surface area contributed by atoms with Gasteiger partial charge in [0.2, 0.25) is 11.8 Å². The van der Waals surface area contributed by atoms with E-state index in [1.807, 2.05) is 0 Å². The van der Waals surface area contributed by atoms with Crippen molar-refractivity contribution in [2.24, 2.45) is 0 Å². The Morgan fingerprint density at radius 3 is 2.85 bits per heavy atom. The fraction of sp³-hybridized carbons (Fsp3) is 0.769. The summed E-state index contributed by atoms with van der Waals surface area (Å²) in [7, 11) is 0. The number of hydrogen-bond donors (Lipinski definition) is 2. The summed E-state index contributed by atoms with van der Waals surface area (Å²) in [6, 6.07) is 0.647. The molecular weight excluding hydrogens is 258 g/mol. The first-order chi connectivity index (χ1) is 9.74. The average Bonchev–Trinajstić information content (AvgIpc) is 3.09. The maximum absolute atomic E-state index is 12.4. The molecule has 3 rings (SSSR count). The normalized spacial score (nSPS) is 24.9. The number of anilines is 1. The van der Waals surface area contributed by atoms with E-state index < -0.39 is 0 Å². The lowest BCUT2D eigenvalue weighted by molar-refractivity contribution is -0.121. The van der Waals surface area contributed by atoms with Crippen LogP contribution < -0.4 is 10.6 Å². The highest BCUT2D eigenvalue weighted by molar-refractivity contribution is 5.93. The van der Waals surface area contributed by atoms with Crippen LogP contribution in [0, 0.1) is 6.92 Å².